The van der Waals surface area contributed by atoms with Crippen molar-refractivity contribution >= 4 is 28.8 Å². The van der Waals surface area contributed by atoms with Crippen LogP contribution in [0.2, 0.25) is 0 Å². The lowest BCUT2D eigenvalue weighted by Crippen LogP contribution is -2.41. The maximum Gasteiger partial charge on any atom is 0.249 e. The van der Waals surface area contributed by atoms with Crippen LogP contribution in [0, 0.1) is 0 Å². The van der Waals surface area contributed by atoms with E-state index in [0.29, 0.717) is 24.1 Å². The first kappa shape index (κ1) is 12.5. The first-order chi connectivity index (χ1) is 9.60. The monoisotopic (exact) mass is 274 g/mol. The SMILES string of the molecule is COc1ccc2nc(N)n(C3CCC(=O)NC3=O)c2c1. The van der Waals surface area contributed by atoms with E-state index in [9.17, 15) is 9.59 Å². The van der Waals surface area contributed by atoms with Gasteiger partial charge in [0.25, 0.3) is 0 Å². The third-order valence-corrected chi connectivity index (χ3v) is 3.45. The highest BCUT2D eigenvalue weighted by molar-refractivity contribution is 6.00. The second-order valence-electron chi connectivity index (χ2n) is 4.66. The average Bonchev–Trinajstić information content (AvgIpc) is 2.74. The standard InChI is InChI=1S/C13H14N4O3/c1-20-7-2-3-8-10(6-7)17(13(14)15-8)9-4-5-11(18)16-12(9)19/h2-3,6,9H,4-5H2,1H3,(H2,14,15)(H,16,18,19). The fourth-order valence-corrected chi connectivity index (χ4v) is 2.47. The van der Waals surface area contributed by atoms with Crippen molar-refractivity contribution < 1.29 is 14.3 Å². The number of aromatic nitrogens is 2. The molecular weight excluding hydrogens is 260 g/mol. The van der Waals surface area contributed by atoms with Crippen LogP contribution in [0.15, 0.2) is 18.2 Å². The van der Waals surface area contributed by atoms with Gasteiger partial charge in [-0.15, -0.1) is 0 Å². The Morgan fingerprint density at radius 1 is 1.45 bits per heavy atom. The number of imide groups is 1. The highest BCUT2D eigenvalue weighted by Crippen LogP contribution is 2.29. The van der Waals surface area contributed by atoms with Crippen molar-refractivity contribution in [1.82, 2.24) is 14.9 Å². The molecule has 3 N–H and O–H groups in total. The molecule has 7 nitrogen and oxygen atoms in total. The van der Waals surface area contributed by atoms with E-state index in [1.54, 1.807) is 29.9 Å². The Bertz CT molecular complexity index is 707. The fourth-order valence-electron chi connectivity index (χ4n) is 2.47. The minimum Gasteiger partial charge on any atom is -0.497 e. The van der Waals surface area contributed by atoms with Gasteiger partial charge in [0.05, 0.1) is 18.1 Å². The Balaban J connectivity index is 2.12. The molecule has 1 aliphatic heterocycles. The number of imidazole rings is 1. The quantitative estimate of drug-likeness (QED) is 0.781. The molecule has 1 atom stereocenters. The highest BCUT2D eigenvalue weighted by atomic mass is 16.5. The van der Waals surface area contributed by atoms with Crippen LogP contribution in [0.3, 0.4) is 0 Å². The number of nitrogens with two attached hydrogens (primary N) is 1. The number of hydrogen-bond acceptors (Lipinski definition) is 5. The molecule has 2 amide bonds. The first-order valence-corrected chi connectivity index (χ1v) is 6.25. The molecule has 1 aromatic heterocycles. The number of rotatable bonds is 2. The number of fused-ring (bicyclic) bond motifs is 1. The van der Waals surface area contributed by atoms with Crippen LogP contribution in [0.4, 0.5) is 5.95 Å². The van der Waals surface area contributed by atoms with E-state index < -0.39 is 6.04 Å². The van der Waals surface area contributed by atoms with Gasteiger partial charge >= 0.3 is 0 Å². The summed E-state index contributed by atoms with van der Waals surface area (Å²) in [5.41, 5.74) is 7.33. The van der Waals surface area contributed by atoms with E-state index in [1.807, 2.05) is 0 Å². The number of nitrogen functional groups attached to an aromatic ring is 1. The van der Waals surface area contributed by atoms with E-state index in [-0.39, 0.29) is 17.8 Å². The van der Waals surface area contributed by atoms with Crippen LogP contribution in [-0.4, -0.2) is 28.5 Å². The molecule has 0 aliphatic carbocycles. The molecule has 0 spiro atoms. The molecule has 1 saturated heterocycles. The number of methoxy groups -OCH3 is 1. The normalized spacial score (nSPS) is 19.1. The summed E-state index contributed by atoms with van der Waals surface area (Å²) >= 11 is 0. The lowest BCUT2D eigenvalue weighted by molar-refractivity contribution is -0.135. The van der Waals surface area contributed by atoms with Gasteiger partial charge in [-0.3, -0.25) is 19.5 Å². The summed E-state index contributed by atoms with van der Waals surface area (Å²) in [4.78, 5) is 27.5. The number of ether oxygens (including phenoxy) is 1. The molecule has 0 saturated carbocycles. The van der Waals surface area contributed by atoms with Gasteiger partial charge < -0.3 is 10.5 Å². The maximum absolute atomic E-state index is 12.0. The van der Waals surface area contributed by atoms with E-state index in [0.717, 1.165) is 5.52 Å². The van der Waals surface area contributed by atoms with E-state index in [1.165, 1.54) is 0 Å². The van der Waals surface area contributed by atoms with Crippen LogP contribution >= 0.6 is 0 Å². The average molecular weight is 274 g/mol. The number of benzene rings is 1. The lowest BCUT2D eigenvalue weighted by Gasteiger charge is -2.23. The van der Waals surface area contributed by atoms with Gasteiger partial charge in [-0.1, -0.05) is 0 Å². The Morgan fingerprint density at radius 3 is 2.95 bits per heavy atom. The summed E-state index contributed by atoms with van der Waals surface area (Å²) in [6, 6.07) is 4.82. The Labute approximate surface area is 114 Å². The van der Waals surface area contributed by atoms with Crippen LogP contribution in [0.5, 0.6) is 5.75 Å². The van der Waals surface area contributed by atoms with Gasteiger partial charge in [0.15, 0.2) is 0 Å². The second-order valence-corrected chi connectivity index (χ2v) is 4.66. The Morgan fingerprint density at radius 2 is 2.25 bits per heavy atom. The van der Waals surface area contributed by atoms with Gasteiger partial charge in [0.2, 0.25) is 17.8 Å². The van der Waals surface area contributed by atoms with Gasteiger partial charge in [-0.25, -0.2) is 4.98 Å². The van der Waals surface area contributed by atoms with Gasteiger partial charge in [0.1, 0.15) is 11.8 Å². The lowest BCUT2D eigenvalue weighted by atomic mass is 10.1. The molecule has 1 unspecified atom stereocenters. The zero-order chi connectivity index (χ0) is 14.3. The van der Waals surface area contributed by atoms with Gasteiger partial charge in [0, 0.05) is 12.5 Å². The zero-order valence-corrected chi connectivity index (χ0v) is 10.9. The van der Waals surface area contributed by atoms with Crippen molar-refractivity contribution in [3.63, 3.8) is 0 Å². The molecule has 1 fully saturated rings. The predicted molar refractivity (Wildman–Crippen MR) is 72.1 cm³/mol. The van der Waals surface area contributed by atoms with Crippen molar-refractivity contribution in [2.24, 2.45) is 0 Å². The summed E-state index contributed by atoms with van der Waals surface area (Å²) in [6.07, 6.45) is 0.705. The molecule has 104 valence electrons. The van der Waals surface area contributed by atoms with Crippen molar-refractivity contribution in [3.8, 4) is 5.75 Å². The number of amides is 2. The maximum atomic E-state index is 12.0. The minimum atomic E-state index is -0.523. The van der Waals surface area contributed by atoms with Crippen LogP contribution < -0.4 is 15.8 Å². The summed E-state index contributed by atoms with van der Waals surface area (Å²) in [7, 11) is 1.57. The molecule has 20 heavy (non-hydrogen) atoms. The number of nitrogens with zero attached hydrogens (tertiary/aromatic N) is 2. The Hall–Kier alpha value is -2.57. The topological polar surface area (TPSA) is 99.2 Å². The van der Waals surface area contributed by atoms with Crippen LogP contribution in [-0.2, 0) is 9.59 Å². The van der Waals surface area contributed by atoms with Crippen molar-refractivity contribution in [3.05, 3.63) is 18.2 Å². The molecule has 0 bridgehead atoms. The van der Waals surface area contributed by atoms with Crippen LogP contribution in [0.25, 0.3) is 11.0 Å². The number of piperidine rings is 1. The number of nitrogens with one attached hydrogen (secondary N) is 1. The third kappa shape index (κ3) is 1.87. The zero-order valence-electron chi connectivity index (χ0n) is 10.9. The summed E-state index contributed by atoms with van der Waals surface area (Å²) in [6.45, 7) is 0. The predicted octanol–water partition coefficient (Wildman–Crippen LogP) is 0.605. The molecule has 1 aliphatic rings. The minimum absolute atomic E-state index is 0.253. The second kappa shape index (κ2) is 4.52. The summed E-state index contributed by atoms with van der Waals surface area (Å²) in [5.74, 6) is 0.301. The summed E-state index contributed by atoms with van der Waals surface area (Å²) < 4.78 is 6.83. The summed E-state index contributed by atoms with van der Waals surface area (Å²) in [5, 5.41) is 2.32. The third-order valence-electron chi connectivity index (χ3n) is 3.45. The molecule has 2 heterocycles. The van der Waals surface area contributed by atoms with Crippen molar-refractivity contribution in [2.45, 2.75) is 18.9 Å². The smallest absolute Gasteiger partial charge is 0.249 e. The van der Waals surface area contributed by atoms with Crippen molar-refractivity contribution in [1.29, 1.82) is 0 Å². The molecule has 0 radical (unpaired) electrons. The number of hydrogen-bond donors (Lipinski definition) is 2. The number of carbonyl (C=O) groups excluding carboxylic acids is 2. The van der Waals surface area contributed by atoms with Crippen molar-refractivity contribution in [2.75, 3.05) is 12.8 Å². The molecule has 7 heteroatoms. The van der Waals surface area contributed by atoms with E-state index >= 15 is 0 Å². The molecule has 1 aromatic carbocycles. The fraction of sp³-hybridized carbons (Fsp3) is 0.308. The van der Waals surface area contributed by atoms with Gasteiger partial charge in [-0.2, -0.15) is 0 Å². The first-order valence-electron chi connectivity index (χ1n) is 6.25. The van der Waals surface area contributed by atoms with Gasteiger partial charge in [-0.05, 0) is 18.6 Å². The Kier molecular flexibility index (Phi) is 2.81. The molecule has 3 rings (SSSR count). The highest BCUT2D eigenvalue weighted by Gasteiger charge is 2.30. The van der Waals surface area contributed by atoms with E-state index in [4.69, 9.17) is 10.5 Å². The number of anilines is 1. The largest absolute Gasteiger partial charge is 0.497 e. The molecular formula is C13H14N4O3. The molecule has 2 aromatic rings. The number of carbonyl (C=O) groups is 2. The van der Waals surface area contributed by atoms with Crippen LogP contribution in [0.1, 0.15) is 18.9 Å². The van der Waals surface area contributed by atoms with E-state index in [2.05, 4.69) is 10.3 Å².